The molecule has 5 nitrogen and oxygen atoms in total. The summed E-state index contributed by atoms with van der Waals surface area (Å²) in [5.41, 5.74) is 2.46. The van der Waals surface area contributed by atoms with Gasteiger partial charge in [-0.15, -0.1) is 0 Å². The lowest BCUT2D eigenvalue weighted by atomic mass is 10.1. The van der Waals surface area contributed by atoms with Crippen LogP contribution < -0.4 is 10.6 Å². The van der Waals surface area contributed by atoms with Crippen LogP contribution in [0.25, 0.3) is 0 Å². The van der Waals surface area contributed by atoms with Crippen LogP contribution in [0.5, 0.6) is 0 Å². The van der Waals surface area contributed by atoms with Gasteiger partial charge in [0.05, 0.1) is 0 Å². The van der Waals surface area contributed by atoms with E-state index >= 15 is 0 Å². The van der Waals surface area contributed by atoms with E-state index in [1.807, 2.05) is 36.4 Å². The fraction of sp³-hybridized carbons (Fsp3) is 0.174. The molecule has 0 aliphatic carbocycles. The van der Waals surface area contributed by atoms with E-state index in [1.165, 1.54) is 0 Å². The highest BCUT2D eigenvalue weighted by Gasteiger charge is 2.12. The highest BCUT2D eigenvalue weighted by Crippen LogP contribution is 2.11. The SMILES string of the molecule is O=C(NCCc1cccc(Cl)c1)c1cccc(C(=O)NCCc2cccc(Cl)c2)n1. The third-order valence-electron chi connectivity index (χ3n) is 4.39. The number of aromatic nitrogens is 1. The number of carbonyl (C=O) groups excluding carboxylic acids is 2. The van der Waals surface area contributed by atoms with E-state index in [0.29, 0.717) is 36.0 Å². The van der Waals surface area contributed by atoms with Crippen LogP contribution in [0.1, 0.15) is 32.1 Å². The molecule has 0 radical (unpaired) electrons. The van der Waals surface area contributed by atoms with Gasteiger partial charge >= 0.3 is 0 Å². The number of amides is 2. The van der Waals surface area contributed by atoms with Crippen molar-refractivity contribution >= 4 is 35.0 Å². The van der Waals surface area contributed by atoms with Gasteiger partial charge in [-0.2, -0.15) is 0 Å². The van der Waals surface area contributed by atoms with Crippen molar-refractivity contribution in [3.05, 3.63) is 99.3 Å². The highest BCUT2D eigenvalue weighted by molar-refractivity contribution is 6.30. The summed E-state index contributed by atoms with van der Waals surface area (Å²) in [6.07, 6.45) is 1.30. The molecule has 3 rings (SSSR count). The molecule has 0 aliphatic heterocycles. The van der Waals surface area contributed by atoms with Crippen molar-refractivity contribution in [3.8, 4) is 0 Å². The average Bonchev–Trinajstić information content (AvgIpc) is 2.74. The van der Waals surface area contributed by atoms with Crippen molar-refractivity contribution in [3.63, 3.8) is 0 Å². The van der Waals surface area contributed by atoms with Crippen LogP contribution in [0.15, 0.2) is 66.7 Å². The molecule has 0 unspecified atom stereocenters. The zero-order valence-corrected chi connectivity index (χ0v) is 17.7. The monoisotopic (exact) mass is 441 g/mol. The van der Waals surface area contributed by atoms with Crippen LogP contribution >= 0.6 is 23.2 Å². The zero-order chi connectivity index (χ0) is 21.3. The molecule has 154 valence electrons. The molecule has 30 heavy (non-hydrogen) atoms. The first-order valence-corrected chi connectivity index (χ1v) is 10.3. The molecule has 0 atom stereocenters. The molecular formula is C23H21Cl2N3O2. The third-order valence-corrected chi connectivity index (χ3v) is 4.86. The second kappa shape index (κ2) is 10.8. The quantitative estimate of drug-likeness (QED) is 0.546. The van der Waals surface area contributed by atoms with Gasteiger partial charge in [-0.05, 0) is 60.4 Å². The first-order chi connectivity index (χ1) is 14.5. The van der Waals surface area contributed by atoms with Crippen molar-refractivity contribution < 1.29 is 9.59 Å². The number of halogens is 2. The smallest absolute Gasteiger partial charge is 0.269 e. The third kappa shape index (κ3) is 6.58. The highest BCUT2D eigenvalue weighted by atomic mass is 35.5. The Balaban J connectivity index is 1.50. The maximum absolute atomic E-state index is 12.4. The van der Waals surface area contributed by atoms with Crippen molar-refractivity contribution in [2.75, 3.05) is 13.1 Å². The minimum atomic E-state index is -0.328. The molecule has 0 aliphatic rings. The van der Waals surface area contributed by atoms with E-state index < -0.39 is 0 Å². The Morgan fingerprint density at radius 2 is 1.13 bits per heavy atom. The maximum atomic E-state index is 12.4. The number of pyridine rings is 1. The fourth-order valence-electron chi connectivity index (χ4n) is 2.89. The van der Waals surface area contributed by atoms with Gasteiger partial charge in [0, 0.05) is 23.1 Å². The van der Waals surface area contributed by atoms with Gasteiger partial charge in [0.25, 0.3) is 11.8 Å². The summed E-state index contributed by atoms with van der Waals surface area (Å²) >= 11 is 11.9. The predicted octanol–water partition coefficient (Wildman–Crippen LogP) is 4.33. The molecule has 3 aromatic rings. The van der Waals surface area contributed by atoms with Crippen LogP contribution in [0.4, 0.5) is 0 Å². The molecule has 0 bridgehead atoms. The second-order valence-corrected chi connectivity index (χ2v) is 7.55. The summed E-state index contributed by atoms with van der Waals surface area (Å²) in [5, 5.41) is 6.95. The van der Waals surface area contributed by atoms with Crippen molar-refractivity contribution in [1.82, 2.24) is 15.6 Å². The first-order valence-electron chi connectivity index (χ1n) is 9.53. The van der Waals surface area contributed by atoms with Gasteiger partial charge in [0.15, 0.2) is 0 Å². The summed E-state index contributed by atoms with van der Waals surface area (Å²) in [7, 11) is 0. The molecule has 2 amide bonds. The van der Waals surface area contributed by atoms with Crippen LogP contribution in [0, 0.1) is 0 Å². The molecule has 0 saturated heterocycles. The first kappa shape index (κ1) is 21.8. The number of hydrogen-bond acceptors (Lipinski definition) is 3. The van der Waals surface area contributed by atoms with E-state index in [1.54, 1.807) is 30.3 Å². The Hall–Kier alpha value is -2.89. The van der Waals surface area contributed by atoms with Crippen molar-refractivity contribution in [1.29, 1.82) is 0 Å². The molecule has 2 aromatic carbocycles. The molecule has 0 saturated carbocycles. The molecule has 0 fully saturated rings. The summed E-state index contributed by atoms with van der Waals surface area (Å²) < 4.78 is 0. The van der Waals surface area contributed by atoms with Gasteiger partial charge in [0.2, 0.25) is 0 Å². The van der Waals surface area contributed by atoms with E-state index in [4.69, 9.17) is 23.2 Å². The lowest BCUT2D eigenvalue weighted by Crippen LogP contribution is -2.29. The molecule has 1 heterocycles. The van der Waals surface area contributed by atoms with E-state index in [2.05, 4.69) is 15.6 Å². The number of nitrogens with one attached hydrogen (secondary N) is 2. The molecule has 0 spiro atoms. The van der Waals surface area contributed by atoms with Crippen molar-refractivity contribution in [2.45, 2.75) is 12.8 Å². The topological polar surface area (TPSA) is 71.1 Å². The minimum absolute atomic E-state index is 0.198. The van der Waals surface area contributed by atoms with Crippen LogP contribution in [-0.4, -0.2) is 29.9 Å². The number of hydrogen-bond donors (Lipinski definition) is 2. The number of benzene rings is 2. The number of nitrogens with zero attached hydrogens (tertiary/aromatic N) is 1. The maximum Gasteiger partial charge on any atom is 0.269 e. The predicted molar refractivity (Wildman–Crippen MR) is 119 cm³/mol. The van der Waals surface area contributed by atoms with Gasteiger partial charge < -0.3 is 10.6 Å². The summed E-state index contributed by atoms with van der Waals surface area (Å²) in [6.45, 7) is 0.883. The second-order valence-electron chi connectivity index (χ2n) is 6.68. The minimum Gasteiger partial charge on any atom is -0.350 e. The summed E-state index contributed by atoms with van der Waals surface area (Å²) in [4.78, 5) is 28.9. The Kier molecular flexibility index (Phi) is 7.82. The van der Waals surface area contributed by atoms with Crippen molar-refractivity contribution in [2.24, 2.45) is 0 Å². The van der Waals surface area contributed by atoms with E-state index in [0.717, 1.165) is 11.1 Å². The molecule has 7 heteroatoms. The summed E-state index contributed by atoms with van der Waals surface area (Å²) in [5.74, 6) is -0.656. The Morgan fingerprint density at radius 1 is 0.700 bits per heavy atom. The van der Waals surface area contributed by atoms with Crippen LogP contribution in [-0.2, 0) is 12.8 Å². The molecular weight excluding hydrogens is 421 g/mol. The Morgan fingerprint density at radius 3 is 1.57 bits per heavy atom. The molecule has 1 aromatic heterocycles. The fourth-order valence-corrected chi connectivity index (χ4v) is 3.32. The standard InChI is InChI=1S/C23H21Cl2N3O2/c24-18-6-1-4-16(14-18)10-12-26-22(29)20-8-3-9-21(28-20)23(30)27-13-11-17-5-2-7-19(25)15-17/h1-9,14-15H,10-13H2,(H,26,29)(H,27,30). The Labute approximate surface area is 185 Å². The zero-order valence-electron chi connectivity index (χ0n) is 16.2. The number of rotatable bonds is 8. The Bertz CT molecular complexity index is 961. The van der Waals surface area contributed by atoms with E-state index in [9.17, 15) is 9.59 Å². The van der Waals surface area contributed by atoms with E-state index in [-0.39, 0.29) is 23.2 Å². The summed E-state index contributed by atoms with van der Waals surface area (Å²) in [6, 6.07) is 19.8. The van der Waals surface area contributed by atoms with Crippen LogP contribution in [0.2, 0.25) is 10.0 Å². The average molecular weight is 442 g/mol. The van der Waals surface area contributed by atoms with Crippen LogP contribution in [0.3, 0.4) is 0 Å². The van der Waals surface area contributed by atoms with Gasteiger partial charge in [0.1, 0.15) is 11.4 Å². The lowest BCUT2D eigenvalue weighted by Gasteiger charge is -2.08. The number of carbonyl (C=O) groups is 2. The van der Waals surface area contributed by atoms with Gasteiger partial charge in [-0.1, -0.05) is 53.5 Å². The van der Waals surface area contributed by atoms with Gasteiger partial charge in [-0.25, -0.2) is 4.98 Å². The molecule has 2 N–H and O–H groups in total. The lowest BCUT2D eigenvalue weighted by molar-refractivity contribution is 0.0945. The normalized spacial score (nSPS) is 10.5. The largest absolute Gasteiger partial charge is 0.350 e. The van der Waals surface area contributed by atoms with Gasteiger partial charge in [-0.3, -0.25) is 9.59 Å².